The van der Waals surface area contributed by atoms with E-state index in [4.69, 9.17) is 11.6 Å². The molecule has 0 aliphatic rings. The Morgan fingerprint density at radius 2 is 1.77 bits per heavy atom. The highest BCUT2D eigenvalue weighted by Gasteiger charge is 2.18. The summed E-state index contributed by atoms with van der Waals surface area (Å²) in [6.07, 6.45) is 0.224. The fourth-order valence-corrected chi connectivity index (χ4v) is 2.24. The molecule has 22 heavy (non-hydrogen) atoms. The Hall–Kier alpha value is -1.94. The number of halogens is 3. The lowest BCUT2D eigenvalue weighted by Gasteiger charge is -2.25. The van der Waals surface area contributed by atoms with E-state index in [0.717, 1.165) is 17.7 Å². The van der Waals surface area contributed by atoms with Crippen molar-refractivity contribution in [3.05, 3.63) is 70.2 Å². The van der Waals surface area contributed by atoms with Gasteiger partial charge in [0, 0.05) is 12.1 Å². The van der Waals surface area contributed by atoms with E-state index >= 15 is 0 Å². The van der Waals surface area contributed by atoms with E-state index in [1.165, 1.54) is 11.0 Å². The van der Waals surface area contributed by atoms with Crippen molar-refractivity contribution in [1.82, 2.24) is 4.90 Å². The van der Waals surface area contributed by atoms with Crippen molar-refractivity contribution >= 4 is 17.5 Å². The van der Waals surface area contributed by atoms with Gasteiger partial charge in [-0.3, -0.25) is 4.79 Å². The highest BCUT2D eigenvalue weighted by molar-refractivity contribution is 6.30. The van der Waals surface area contributed by atoms with E-state index in [-0.39, 0.29) is 18.4 Å². The maximum Gasteiger partial charge on any atom is 0.227 e. The van der Waals surface area contributed by atoms with Crippen molar-refractivity contribution < 1.29 is 13.6 Å². The number of amides is 1. The van der Waals surface area contributed by atoms with Crippen LogP contribution in [0.5, 0.6) is 0 Å². The molecular formula is C17H16ClF2NO. The number of rotatable bonds is 4. The van der Waals surface area contributed by atoms with Crippen molar-refractivity contribution in [2.45, 2.75) is 19.4 Å². The van der Waals surface area contributed by atoms with Gasteiger partial charge in [0.25, 0.3) is 0 Å². The first-order valence-electron chi connectivity index (χ1n) is 6.83. The second kappa shape index (κ2) is 6.88. The van der Waals surface area contributed by atoms with Crippen molar-refractivity contribution in [1.29, 1.82) is 0 Å². The number of hydrogen-bond acceptors (Lipinski definition) is 1. The van der Waals surface area contributed by atoms with Crippen LogP contribution in [0.3, 0.4) is 0 Å². The molecule has 0 saturated carbocycles. The molecule has 0 aromatic heterocycles. The molecule has 0 heterocycles. The Labute approximate surface area is 133 Å². The number of carbonyl (C=O) groups is 1. The van der Waals surface area contributed by atoms with E-state index in [2.05, 4.69) is 0 Å². The van der Waals surface area contributed by atoms with Crippen LogP contribution in [0.4, 0.5) is 8.78 Å². The highest BCUT2D eigenvalue weighted by Crippen LogP contribution is 2.22. The number of benzene rings is 2. The predicted octanol–water partition coefficient (Wildman–Crippen LogP) is 4.38. The number of likely N-dealkylation sites (N-methyl/N-ethyl adjacent to an activating group) is 1. The van der Waals surface area contributed by atoms with Crippen LogP contribution in [0.15, 0.2) is 42.5 Å². The van der Waals surface area contributed by atoms with Gasteiger partial charge in [-0.05, 0) is 42.3 Å². The summed E-state index contributed by atoms with van der Waals surface area (Å²) in [7, 11) is 1.64. The van der Waals surface area contributed by atoms with Crippen LogP contribution >= 0.6 is 11.6 Å². The van der Waals surface area contributed by atoms with Gasteiger partial charge in [-0.2, -0.15) is 0 Å². The summed E-state index contributed by atoms with van der Waals surface area (Å²) in [6, 6.07) is 10.3. The Morgan fingerprint density at radius 3 is 2.36 bits per heavy atom. The van der Waals surface area contributed by atoms with E-state index in [9.17, 15) is 13.6 Å². The van der Waals surface area contributed by atoms with Crippen LogP contribution in [-0.4, -0.2) is 17.9 Å². The highest BCUT2D eigenvalue weighted by atomic mass is 35.5. The lowest BCUT2D eigenvalue weighted by Crippen LogP contribution is -2.31. The molecule has 116 valence electrons. The van der Waals surface area contributed by atoms with Gasteiger partial charge in [-0.1, -0.05) is 29.8 Å². The van der Waals surface area contributed by atoms with Gasteiger partial charge >= 0.3 is 0 Å². The molecule has 2 rings (SSSR count). The van der Waals surface area contributed by atoms with Crippen molar-refractivity contribution in [3.63, 3.8) is 0 Å². The summed E-state index contributed by atoms with van der Waals surface area (Å²) in [4.78, 5) is 13.8. The topological polar surface area (TPSA) is 20.3 Å². The zero-order valence-electron chi connectivity index (χ0n) is 12.3. The molecule has 0 aliphatic carbocycles. The van der Waals surface area contributed by atoms with E-state index in [1.54, 1.807) is 38.2 Å². The molecule has 1 amide bonds. The van der Waals surface area contributed by atoms with Gasteiger partial charge in [-0.25, -0.2) is 8.78 Å². The van der Waals surface area contributed by atoms with Crippen molar-refractivity contribution in [3.8, 4) is 0 Å². The molecule has 1 unspecified atom stereocenters. The maximum absolute atomic E-state index is 13.3. The standard InChI is InChI=1S/C17H16ClF2NO/c1-11(13-5-8-15(19)16(20)10-13)21(2)17(22)9-12-3-6-14(18)7-4-12/h3-8,10-11H,9H2,1-2H3. The molecule has 5 heteroatoms. The van der Waals surface area contributed by atoms with Crippen LogP contribution in [0.25, 0.3) is 0 Å². The molecule has 0 bridgehead atoms. The minimum Gasteiger partial charge on any atom is -0.339 e. The summed E-state index contributed by atoms with van der Waals surface area (Å²) >= 11 is 5.81. The molecule has 0 spiro atoms. The summed E-state index contributed by atoms with van der Waals surface area (Å²) in [5.74, 6) is -1.92. The van der Waals surface area contributed by atoms with E-state index in [1.807, 2.05) is 0 Å². The third-order valence-electron chi connectivity index (χ3n) is 3.67. The summed E-state index contributed by atoms with van der Waals surface area (Å²) in [5.41, 5.74) is 1.39. The number of nitrogens with zero attached hydrogens (tertiary/aromatic N) is 1. The monoisotopic (exact) mass is 323 g/mol. The minimum atomic E-state index is -0.914. The molecule has 0 saturated heterocycles. The molecular weight excluding hydrogens is 308 g/mol. The SMILES string of the molecule is CC(c1ccc(F)c(F)c1)N(C)C(=O)Cc1ccc(Cl)cc1. The maximum atomic E-state index is 13.3. The van der Waals surface area contributed by atoms with Gasteiger partial charge in [0.15, 0.2) is 11.6 Å². The predicted molar refractivity (Wildman–Crippen MR) is 82.7 cm³/mol. The third-order valence-corrected chi connectivity index (χ3v) is 3.92. The first-order chi connectivity index (χ1) is 10.4. The van der Waals surface area contributed by atoms with Gasteiger partial charge in [-0.15, -0.1) is 0 Å². The van der Waals surface area contributed by atoms with Crippen LogP contribution in [0.2, 0.25) is 5.02 Å². The van der Waals surface area contributed by atoms with Crippen molar-refractivity contribution in [2.24, 2.45) is 0 Å². The van der Waals surface area contributed by atoms with Gasteiger partial charge < -0.3 is 4.90 Å². The lowest BCUT2D eigenvalue weighted by atomic mass is 10.1. The zero-order chi connectivity index (χ0) is 16.3. The number of hydrogen-bond donors (Lipinski definition) is 0. The molecule has 2 nitrogen and oxygen atoms in total. The molecule has 2 aromatic rings. The Balaban J connectivity index is 2.08. The second-order valence-electron chi connectivity index (χ2n) is 5.16. The summed E-state index contributed by atoms with van der Waals surface area (Å²) in [5, 5.41) is 0.611. The van der Waals surface area contributed by atoms with Gasteiger partial charge in [0.05, 0.1) is 12.5 Å². The van der Waals surface area contributed by atoms with Crippen LogP contribution in [0.1, 0.15) is 24.1 Å². The Morgan fingerprint density at radius 1 is 1.14 bits per heavy atom. The zero-order valence-corrected chi connectivity index (χ0v) is 13.1. The Kier molecular flexibility index (Phi) is 5.14. The van der Waals surface area contributed by atoms with Crippen LogP contribution < -0.4 is 0 Å². The molecule has 0 N–H and O–H groups in total. The Bertz CT molecular complexity index is 673. The number of carbonyl (C=O) groups excluding carboxylic acids is 1. The molecule has 0 radical (unpaired) electrons. The minimum absolute atomic E-state index is 0.112. The lowest BCUT2D eigenvalue weighted by molar-refractivity contribution is -0.131. The smallest absolute Gasteiger partial charge is 0.227 e. The van der Waals surface area contributed by atoms with E-state index in [0.29, 0.717) is 10.6 Å². The largest absolute Gasteiger partial charge is 0.339 e. The summed E-state index contributed by atoms with van der Waals surface area (Å²) < 4.78 is 26.3. The fourth-order valence-electron chi connectivity index (χ4n) is 2.11. The first-order valence-corrected chi connectivity index (χ1v) is 7.21. The summed E-state index contributed by atoms with van der Waals surface area (Å²) in [6.45, 7) is 1.77. The van der Waals surface area contributed by atoms with Gasteiger partial charge in [0.1, 0.15) is 0 Å². The van der Waals surface area contributed by atoms with Crippen LogP contribution in [-0.2, 0) is 11.2 Å². The molecule has 0 aliphatic heterocycles. The third kappa shape index (κ3) is 3.83. The van der Waals surface area contributed by atoms with Gasteiger partial charge in [0.2, 0.25) is 5.91 Å². The normalized spacial score (nSPS) is 12.0. The quantitative estimate of drug-likeness (QED) is 0.817. The van der Waals surface area contributed by atoms with E-state index < -0.39 is 11.6 Å². The molecule has 1 atom stereocenters. The van der Waals surface area contributed by atoms with Crippen molar-refractivity contribution in [2.75, 3.05) is 7.05 Å². The average Bonchev–Trinajstić information content (AvgIpc) is 2.50. The molecule has 2 aromatic carbocycles. The van der Waals surface area contributed by atoms with Crippen LogP contribution in [0, 0.1) is 11.6 Å². The first kappa shape index (κ1) is 16.4. The molecule has 0 fully saturated rings. The average molecular weight is 324 g/mol. The second-order valence-corrected chi connectivity index (χ2v) is 5.59. The fraction of sp³-hybridized carbons (Fsp3) is 0.235.